The van der Waals surface area contributed by atoms with Gasteiger partial charge in [0, 0.05) is 5.02 Å². The monoisotopic (exact) mass is 381 g/mol. The molecule has 134 valence electrons. The molecule has 1 atom stereocenters. The van der Waals surface area contributed by atoms with Crippen LogP contribution in [0.25, 0.3) is 0 Å². The van der Waals surface area contributed by atoms with Gasteiger partial charge >= 0.3 is 6.09 Å². The molecular formula is C18H20ClNO4S. The van der Waals surface area contributed by atoms with E-state index in [-0.39, 0.29) is 4.90 Å². The molecule has 0 bridgehead atoms. The molecule has 5 nitrogen and oxygen atoms in total. The number of nitrogens with one attached hydrogen (secondary N) is 1. The number of hydrogen-bond donors (Lipinski definition) is 1. The lowest BCUT2D eigenvalue weighted by Crippen LogP contribution is -2.38. The number of sulfone groups is 1. The third-order valence-electron chi connectivity index (χ3n) is 3.20. The van der Waals surface area contributed by atoms with Crippen molar-refractivity contribution in [1.82, 2.24) is 5.32 Å². The third-order valence-corrected chi connectivity index (χ3v) is 5.39. The summed E-state index contributed by atoms with van der Waals surface area (Å²) in [5, 5.41) is 1.64. The molecule has 7 heteroatoms. The summed E-state index contributed by atoms with van der Waals surface area (Å²) in [6, 6.07) is 14.2. The second-order valence-corrected chi connectivity index (χ2v) is 8.91. The number of rotatable bonds is 4. The fourth-order valence-corrected chi connectivity index (χ4v) is 3.84. The van der Waals surface area contributed by atoms with Crippen LogP contribution in [0.15, 0.2) is 59.5 Å². The molecule has 0 saturated carbocycles. The number of carbonyl (C=O) groups is 1. The zero-order valence-electron chi connectivity index (χ0n) is 14.2. The maximum absolute atomic E-state index is 13.0. The first-order valence-electron chi connectivity index (χ1n) is 7.63. The molecule has 2 rings (SSSR count). The van der Waals surface area contributed by atoms with Crippen LogP contribution in [-0.2, 0) is 14.6 Å². The van der Waals surface area contributed by atoms with Crippen LogP contribution >= 0.6 is 11.6 Å². The first-order valence-corrected chi connectivity index (χ1v) is 9.56. The van der Waals surface area contributed by atoms with Crippen molar-refractivity contribution >= 4 is 27.5 Å². The van der Waals surface area contributed by atoms with E-state index in [0.717, 1.165) is 0 Å². The van der Waals surface area contributed by atoms with Crippen molar-refractivity contribution in [2.75, 3.05) is 0 Å². The molecule has 0 radical (unpaired) electrons. The molecule has 0 aliphatic carbocycles. The lowest BCUT2D eigenvalue weighted by Gasteiger charge is -2.24. The van der Waals surface area contributed by atoms with Gasteiger partial charge in [0.15, 0.2) is 5.37 Å². The van der Waals surface area contributed by atoms with Gasteiger partial charge in [-0.1, -0.05) is 41.9 Å². The maximum Gasteiger partial charge on any atom is 0.408 e. The van der Waals surface area contributed by atoms with E-state index in [0.29, 0.717) is 10.6 Å². The van der Waals surface area contributed by atoms with Crippen molar-refractivity contribution in [2.45, 2.75) is 36.6 Å². The van der Waals surface area contributed by atoms with Crippen molar-refractivity contribution in [3.63, 3.8) is 0 Å². The van der Waals surface area contributed by atoms with Gasteiger partial charge in [-0.25, -0.2) is 13.2 Å². The fraction of sp³-hybridized carbons (Fsp3) is 0.278. The van der Waals surface area contributed by atoms with E-state index in [1.807, 2.05) is 0 Å². The molecule has 2 aromatic rings. The van der Waals surface area contributed by atoms with Gasteiger partial charge in [-0.15, -0.1) is 0 Å². The Labute approximate surface area is 152 Å². The normalized spacial score (nSPS) is 13.1. The van der Waals surface area contributed by atoms with Crippen molar-refractivity contribution in [3.05, 3.63) is 65.2 Å². The number of ether oxygens (including phenoxy) is 1. The van der Waals surface area contributed by atoms with E-state index in [2.05, 4.69) is 5.32 Å². The number of benzene rings is 2. The lowest BCUT2D eigenvalue weighted by atomic mass is 10.2. The van der Waals surface area contributed by atoms with Gasteiger partial charge in [0.25, 0.3) is 0 Å². The fourth-order valence-electron chi connectivity index (χ4n) is 2.14. The molecule has 0 aromatic heterocycles. The Morgan fingerprint density at radius 1 is 1.04 bits per heavy atom. The molecule has 1 unspecified atom stereocenters. The Morgan fingerprint density at radius 3 is 2.12 bits per heavy atom. The second-order valence-electron chi connectivity index (χ2n) is 6.44. The van der Waals surface area contributed by atoms with Crippen LogP contribution < -0.4 is 5.32 Å². The van der Waals surface area contributed by atoms with Crippen LogP contribution in [-0.4, -0.2) is 20.1 Å². The average molecular weight is 382 g/mol. The van der Waals surface area contributed by atoms with E-state index < -0.39 is 26.9 Å². The predicted molar refractivity (Wildman–Crippen MR) is 97.2 cm³/mol. The largest absolute Gasteiger partial charge is 0.444 e. The predicted octanol–water partition coefficient (Wildman–Crippen LogP) is 4.34. The number of amides is 1. The smallest absolute Gasteiger partial charge is 0.408 e. The summed E-state index contributed by atoms with van der Waals surface area (Å²) < 4.78 is 31.2. The summed E-state index contributed by atoms with van der Waals surface area (Å²) in [5.41, 5.74) is -0.357. The van der Waals surface area contributed by atoms with Gasteiger partial charge in [0.1, 0.15) is 5.60 Å². The zero-order chi connectivity index (χ0) is 18.7. The van der Waals surface area contributed by atoms with Gasteiger partial charge in [0.05, 0.1) is 4.90 Å². The minimum Gasteiger partial charge on any atom is -0.444 e. The Kier molecular flexibility index (Phi) is 5.75. The Bertz CT molecular complexity index is 828. The number of halogens is 1. The summed E-state index contributed by atoms with van der Waals surface area (Å²) in [4.78, 5) is 12.3. The molecule has 0 spiro atoms. The molecule has 2 aromatic carbocycles. The van der Waals surface area contributed by atoms with E-state index in [1.54, 1.807) is 63.2 Å². The molecule has 0 fully saturated rings. The van der Waals surface area contributed by atoms with Crippen LogP contribution in [0, 0.1) is 0 Å². The molecule has 0 aliphatic heterocycles. The summed E-state index contributed by atoms with van der Waals surface area (Å²) in [5.74, 6) is 0. The number of carbonyl (C=O) groups excluding carboxylic acids is 1. The van der Waals surface area contributed by atoms with Crippen LogP contribution in [0.2, 0.25) is 5.02 Å². The van der Waals surface area contributed by atoms with Gasteiger partial charge in [-0.05, 0) is 50.6 Å². The zero-order valence-corrected chi connectivity index (χ0v) is 15.8. The standard InChI is InChI=1S/C18H20ClNO4S/c1-18(2,3)24-17(21)20-16(13-9-11-14(19)12-10-13)25(22,23)15-7-5-4-6-8-15/h4-12,16H,1-3H3,(H,20,21). The van der Waals surface area contributed by atoms with Gasteiger partial charge in [-0.2, -0.15) is 0 Å². The first-order chi connectivity index (χ1) is 11.6. The van der Waals surface area contributed by atoms with E-state index >= 15 is 0 Å². The maximum atomic E-state index is 13.0. The minimum absolute atomic E-state index is 0.103. The highest BCUT2D eigenvalue weighted by Gasteiger charge is 2.32. The molecule has 0 aliphatic rings. The van der Waals surface area contributed by atoms with Crippen LogP contribution in [0.3, 0.4) is 0 Å². The van der Waals surface area contributed by atoms with Gasteiger partial charge in [-0.3, -0.25) is 0 Å². The highest BCUT2D eigenvalue weighted by Crippen LogP contribution is 2.28. The minimum atomic E-state index is -3.87. The van der Waals surface area contributed by atoms with Crippen LogP contribution in [0.4, 0.5) is 4.79 Å². The van der Waals surface area contributed by atoms with E-state index in [1.165, 1.54) is 12.1 Å². The first kappa shape index (κ1) is 19.3. The van der Waals surface area contributed by atoms with E-state index in [9.17, 15) is 13.2 Å². The quantitative estimate of drug-likeness (QED) is 0.855. The van der Waals surface area contributed by atoms with Crippen molar-refractivity contribution < 1.29 is 17.9 Å². The second kappa shape index (κ2) is 7.45. The van der Waals surface area contributed by atoms with Crippen molar-refractivity contribution in [1.29, 1.82) is 0 Å². The van der Waals surface area contributed by atoms with Crippen LogP contribution in [0.5, 0.6) is 0 Å². The molecular weight excluding hydrogens is 362 g/mol. The van der Waals surface area contributed by atoms with Gasteiger partial charge in [0.2, 0.25) is 9.84 Å². The summed E-state index contributed by atoms with van der Waals surface area (Å²) in [6.45, 7) is 5.11. The molecule has 1 amide bonds. The highest BCUT2D eigenvalue weighted by molar-refractivity contribution is 7.91. The Hall–Kier alpha value is -2.05. The van der Waals surface area contributed by atoms with Gasteiger partial charge < -0.3 is 10.1 Å². The topological polar surface area (TPSA) is 72.5 Å². The third kappa shape index (κ3) is 5.21. The molecule has 0 heterocycles. The molecule has 0 saturated heterocycles. The lowest BCUT2D eigenvalue weighted by molar-refractivity contribution is 0.0519. The summed E-state index contributed by atoms with van der Waals surface area (Å²) in [6.07, 6.45) is -0.813. The summed E-state index contributed by atoms with van der Waals surface area (Å²) >= 11 is 5.88. The van der Waals surface area contributed by atoms with Crippen molar-refractivity contribution in [2.24, 2.45) is 0 Å². The van der Waals surface area contributed by atoms with E-state index in [4.69, 9.17) is 16.3 Å². The highest BCUT2D eigenvalue weighted by atomic mass is 35.5. The SMILES string of the molecule is CC(C)(C)OC(=O)NC(c1ccc(Cl)cc1)S(=O)(=O)c1ccccc1. The Morgan fingerprint density at radius 2 is 1.60 bits per heavy atom. The van der Waals surface area contributed by atoms with Crippen LogP contribution in [0.1, 0.15) is 31.7 Å². The Balaban J connectivity index is 2.42. The number of hydrogen-bond acceptors (Lipinski definition) is 4. The number of alkyl carbamates (subject to hydrolysis) is 1. The molecule has 1 N–H and O–H groups in total. The average Bonchev–Trinajstić information content (AvgIpc) is 2.53. The van der Waals surface area contributed by atoms with Crippen molar-refractivity contribution in [3.8, 4) is 0 Å². The summed E-state index contributed by atoms with van der Waals surface area (Å²) in [7, 11) is -3.87. The molecule has 25 heavy (non-hydrogen) atoms.